The molecular weight excluding hydrogens is 621 g/mol. The quantitative estimate of drug-likeness (QED) is 0.180. The van der Waals surface area contributed by atoms with E-state index in [4.69, 9.17) is 9.47 Å². The first-order valence-corrected chi connectivity index (χ1v) is 16.7. The molecule has 1 N–H and O–H groups in total. The zero-order valence-corrected chi connectivity index (χ0v) is 27.8. The lowest BCUT2D eigenvalue weighted by Gasteiger charge is -2.34. The second-order valence-electron chi connectivity index (χ2n) is 10.9. The summed E-state index contributed by atoms with van der Waals surface area (Å²) in [6.45, 7) is 3.64. The maximum absolute atomic E-state index is 14.5. The number of nitrogens with one attached hydrogen (secondary N) is 1. The van der Waals surface area contributed by atoms with Crippen LogP contribution in [-0.4, -0.2) is 58.5 Å². The molecule has 9 nitrogen and oxygen atoms in total. The van der Waals surface area contributed by atoms with Crippen molar-refractivity contribution in [2.45, 2.75) is 44.2 Å². The Morgan fingerprint density at radius 3 is 2.17 bits per heavy atom. The highest BCUT2D eigenvalue weighted by Gasteiger charge is 2.35. The van der Waals surface area contributed by atoms with E-state index >= 15 is 0 Å². The Labute approximate surface area is 276 Å². The van der Waals surface area contributed by atoms with Gasteiger partial charge in [-0.15, -0.1) is 0 Å². The predicted molar refractivity (Wildman–Crippen MR) is 179 cm³/mol. The summed E-state index contributed by atoms with van der Waals surface area (Å²) in [6, 6.07) is 24.8. The van der Waals surface area contributed by atoms with E-state index in [-0.39, 0.29) is 35.2 Å². The standard InChI is InChI=1S/C36H40FN3O6S/c1-5-21-38-36(42)32(22-27-12-7-6-8-13-27)39(24-28-14-10-9-11-26(28)2)35(41)25-40(30-17-15-29(37)16-18-30)47(43,44)31-19-20-33(45-3)34(23-31)46-4/h6-20,23,32H,5,21-22,24-25H2,1-4H3,(H,38,42). The van der Waals surface area contributed by atoms with E-state index < -0.39 is 34.3 Å². The third-order valence-corrected chi connectivity index (χ3v) is 9.53. The molecule has 1 unspecified atom stereocenters. The van der Waals surface area contributed by atoms with Crippen LogP contribution in [0, 0.1) is 12.7 Å². The molecule has 248 valence electrons. The summed E-state index contributed by atoms with van der Waals surface area (Å²) in [4.78, 5) is 29.6. The minimum Gasteiger partial charge on any atom is -0.493 e. The van der Waals surface area contributed by atoms with Gasteiger partial charge in [-0.05, 0) is 66.4 Å². The smallest absolute Gasteiger partial charge is 0.264 e. The van der Waals surface area contributed by atoms with E-state index in [9.17, 15) is 22.4 Å². The fourth-order valence-electron chi connectivity index (χ4n) is 5.13. The lowest BCUT2D eigenvalue weighted by molar-refractivity contribution is -0.140. The van der Waals surface area contributed by atoms with Crippen molar-refractivity contribution < 1.29 is 31.9 Å². The van der Waals surface area contributed by atoms with Gasteiger partial charge in [0.05, 0.1) is 24.8 Å². The van der Waals surface area contributed by atoms with Gasteiger partial charge >= 0.3 is 0 Å². The zero-order chi connectivity index (χ0) is 34.0. The van der Waals surface area contributed by atoms with E-state index in [1.54, 1.807) is 0 Å². The minimum absolute atomic E-state index is 0.0518. The Bertz CT molecular complexity index is 1770. The minimum atomic E-state index is -4.43. The highest BCUT2D eigenvalue weighted by molar-refractivity contribution is 7.92. The molecule has 0 spiro atoms. The Morgan fingerprint density at radius 1 is 0.872 bits per heavy atom. The van der Waals surface area contributed by atoms with Crippen LogP contribution in [0.5, 0.6) is 11.5 Å². The molecule has 0 fully saturated rings. The van der Waals surface area contributed by atoms with Crippen LogP contribution in [0.4, 0.5) is 10.1 Å². The molecule has 11 heteroatoms. The molecule has 0 aliphatic carbocycles. The zero-order valence-electron chi connectivity index (χ0n) is 27.0. The van der Waals surface area contributed by atoms with Crippen molar-refractivity contribution in [3.8, 4) is 11.5 Å². The molecule has 4 rings (SSSR count). The number of benzene rings is 4. The number of nitrogens with zero attached hydrogens (tertiary/aromatic N) is 2. The molecule has 0 aromatic heterocycles. The predicted octanol–water partition coefficient (Wildman–Crippen LogP) is 5.51. The van der Waals surface area contributed by atoms with Crippen molar-refractivity contribution in [2.24, 2.45) is 0 Å². The van der Waals surface area contributed by atoms with Gasteiger partial charge in [-0.2, -0.15) is 0 Å². The van der Waals surface area contributed by atoms with Crippen molar-refractivity contribution in [2.75, 3.05) is 31.6 Å². The largest absolute Gasteiger partial charge is 0.493 e. The van der Waals surface area contributed by atoms with Gasteiger partial charge < -0.3 is 19.7 Å². The van der Waals surface area contributed by atoms with E-state index in [1.807, 2.05) is 68.4 Å². The second kappa shape index (κ2) is 16.1. The summed E-state index contributed by atoms with van der Waals surface area (Å²) >= 11 is 0. The molecule has 2 amide bonds. The first-order chi connectivity index (χ1) is 22.6. The summed E-state index contributed by atoms with van der Waals surface area (Å²) in [7, 11) is -1.61. The molecule has 0 aliphatic rings. The van der Waals surface area contributed by atoms with E-state index in [0.717, 1.165) is 33.1 Å². The topological polar surface area (TPSA) is 105 Å². The average Bonchev–Trinajstić information content (AvgIpc) is 3.08. The highest BCUT2D eigenvalue weighted by atomic mass is 32.2. The van der Waals surface area contributed by atoms with Crippen LogP contribution in [0.2, 0.25) is 0 Å². The maximum atomic E-state index is 14.5. The molecule has 0 heterocycles. The monoisotopic (exact) mass is 661 g/mol. The summed E-state index contributed by atoms with van der Waals surface area (Å²) < 4.78 is 54.1. The number of aryl methyl sites for hydroxylation is 1. The lowest BCUT2D eigenvalue weighted by Crippen LogP contribution is -2.53. The van der Waals surface area contributed by atoms with Gasteiger partial charge in [0, 0.05) is 25.6 Å². The van der Waals surface area contributed by atoms with Crippen molar-refractivity contribution in [3.05, 3.63) is 120 Å². The first kappa shape index (κ1) is 35.0. The molecule has 4 aromatic rings. The highest BCUT2D eigenvalue weighted by Crippen LogP contribution is 2.32. The van der Waals surface area contributed by atoms with Gasteiger partial charge in [-0.3, -0.25) is 13.9 Å². The maximum Gasteiger partial charge on any atom is 0.264 e. The number of hydrogen-bond acceptors (Lipinski definition) is 6. The number of ether oxygens (including phenoxy) is 2. The Balaban J connectivity index is 1.82. The summed E-state index contributed by atoms with van der Waals surface area (Å²) in [5.74, 6) is -1.04. The normalized spacial score (nSPS) is 11.8. The van der Waals surface area contributed by atoms with Crippen molar-refractivity contribution in [3.63, 3.8) is 0 Å². The van der Waals surface area contributed by atoms with Gasteiger partial charge in [0.25, 0.3) is 10.0 Å². The average molecular weight is 662 g/mol. The van der Waals surface area contributed by atoms with Crippen LogP contribution < -0.4 is 19.1 Å². The van der Waals surface area contributed by atoms with Crippen LogP contribution in [0.25, 0.3) is 0 Å². The Hall–Kier alpha value is -4.90. The van der Waals surface area contributed by atoms with Gasteiger partial charge in [0.2, 0.25) is 11.8 Å². The number of carbonyl (C=O) groups excluding carboxylic acids is 2. The number of carbonyl (C=O) groups is 2. The summed E-state index contributed by atoms with van der Waals surface area (Å²) in [6.07, 6.45) is 0.893. The number of amides is 2. The van der Waals surface area contributed by atoms with Crippen LogP contribution in [-0.2, 0) is 32.6 Å². The Morgan fingerprint density at radius 2 is 1.53 bits per heavy atom. The second-order valence-corrected chi connectivity index (χ2v) is 12.8. The Kier molecular flexibility index (Phi) is 12.0. The number of methoxy groups -OCH3 is 2. The molecule has 0 aliphatic heterocycles. The van der Waals surface area contributed by atoms with Crippen molar-refractivity contribution >= 4 is 27.5 Å². The lowest BCUT2D eigenvalue weighted by atomic mass is 10.0. The van der Waals surface area contributed by atoms with Crippen molar-refractivity contribution in [1.29, 1.82) is 0 Å². The molecule has 1 atom stereocenters. The first-order valence-electron chi connectivity index (χ1n) is 15.2. The third kappa shape index (κ3) is 8.68. The van der Waals surface area contributed by atoms with E-state index in [2.05, 4.69) is 5.32 Å². The van der Waals surface area contributed by atoms with Gasteiger partial charge in [0.15, 0.2) is 11.5 Å². The number of rotatable bonds is 15. The van der Waals surface area contributed by atoms with Gasteiger partial charge in [-0.25, -0.2) is 12.8 Å². The van der Waals surface area contributed by atoms with Crippen LogP contribution in [0.3, 0.4) is 0 Å². The molecule has 0 saturated carbocycles. The number of sulfonamides is 1. The molecule has 0 saturated heterocycles. The fraction of sp³-hybridized carbons (Fsp3) is 0.278. The van der Waals surface area contributed by atoms with E-state index in [1.165, 1.54) is 49.5 Å². The molecule has 47 heavy (non-hydrogen) atoms. The van der Waals surface area contributed by atoms with E-state index in [0.29, 0.717) is 18.7 Å². The molecule has 0 radical (unpaired) electrons. The number of halogens is 1. The van der Waals surface area contributed by atoms with Crippen LogP contribution >= 0.6 is 0 Å². The van der Waals surface area contributed by atoms with Gasteiger partial charge in [-0.1, -0.05) is 61.5 Å². The van der Waals surface area contributed by atoms with Crippen molar-refractivity contribution in [1.82, 2.24) is 10.2 Å². The van der Waals surface area contributed by atoms with Gasteiger partial charge in [0.1, 0.15) is 18.4 Å². The fourth-order valence-corrected chi connectivity index (χ4v) is 6.56. The molecule has 0 bridgehead atoms. The van der Waals surface area contributed by atoms with Crippen LogP contribution in [0.15, 0.2) is 102 Å². The third-order valence-electron chi connectivity index (χ3n) is 7.76. The summed E-state index contributed by atoms with van der Waals surface area (Å²) in [5.41, 5.74) is 2.62. The molecule has 4 aromatic carbocycles. The molecular formula is C36H40FN3O6S. The SMILES string of the molecule is CCCNC(=O)C(Cc1ccccc1)N(Cc1ccccc1C)C(=O)CN(c1ccc(F)cc1)S(=O)(=O)c1ccc(OC)c(OC)c1. The number of hydrogen-bond donors (Lipinski definition) is 1. The number of anilines is 1. The van der Waals surface area contributed by atoms with Crippen LogP contribution in [0.1, 0.15) is 30.0 Å². The summed E-state index contributed by atoms with van der Waals surface area (Å²) in [5, 5.41) is 2.93.